The number of piperazine rings is 1. The molecule has 1 aliphatic rings. The van der Waals surface area contributed by atoms with Crippen molar-refractivity contribution in [1.29, 1.82) is 0 Å². The molecule has 0 aliphatic carbocycles. The van der Waals surface area contributed by atoms with Crippen molar-refractivity contribution in [3.63, 3.8) is 0 Å². The van der Waals surface area contributed by atoms with Crippen molar-refractivity contribution in [2.75, 3.05) is 31.1 Å². The van der Waals surface area contributed by atoms with Crippen LogP contribution in [-0.4, -0.2) is 56.7 Å². The van der Waals surface area contributed by atoms with Gasteiger partial charge in [0.2, 0.25) is 0 Å². The van der Waals surface area contributed by atoms with Crippen LogP contribution in [0.2, 0.25) is 5.02 Å². The summed E-state index contributed by atoms with van der Waals surface area (Å²) in [6.45, 7) is 2.07. The van der Waals surface area contributed by atoms with Gasteiger partial charge in [-0.2, -0.15) is 9.78 Å². The summed E-state index contributed by atoms with van der Waals surface area (Å²) in [5.41, 5.74) is 1.18. The maximum Gasteiger partial charge on any atom is 0.292 e. The first kappa shape index (κ1) is 18.1. The molecule has 0 saturated carbocycles. The van der Waals surface area contributed by atoms with E-state index in [4.69, 9.17) is 11.6 Å². The molecule has 1 aromatic carbocycles. The van der Waals surface area contributed by atoms with Crippen LogP contribution in [0.25, 0.3) is 5.69 Å². The smallest absolute Gasteiger partial charge is 0.292 e. The van der Waals surface area contributed by atoms with Gasteiger partial charge in [0.25, 0.3) is 11.5 Å². The molecule has 8 nitrogen and oxygen atoms in total. The molecule has 9 heteroatoms. The Balaban J connectivity index is 1.50. The summed E-state index contributed by atoms with van der Waals surface area (Å²) in [6.07, 6.45) is 6.08. The molecule has 0 radical (unpaired) electrons. The molecule has 0 bridgehead atoms. The lowest BCUT2D eigenvalue weighted by atomic mass is 10.2. The fourth-order valence-electron chi connectivity index (χ4n) is 3.12. The largest absolute Gasteiger partial charge is 0.365 e. The maximum atomic E-state index is 12.7. The zero-order valence-corrected chi connectivity index (χ0v) is 15.7. The third-order valence-corrected chi connectivity index (χ3v) is 4.95. The van der Waals surface area contributed by atoms with Gasteiger partial charge >= 0.3 is 0 Å². The van der Waals surface area contributed by atoms with Gasteiger partial charge in [0, 0.05) is 38.6 Å². The van der Waals surface area contributed by atoms with E-state index in [0.717, 1.165) is 0 Å². The van der Waals surface area contributed by atoms with Crippen molar-refractivity contribution in [2.24, 2.45) is 0 Å². The van der Waals surface area contributed by atoms with Crippen molar-refractivity contribution in [1.82, 2.24) is 24.6 Å². The second-order valence-electron chi connectivity index (χ2n) is 6.27. The number of aromatic nitrogens is 4. The van der Waals surface area contributed by atoms with Gasteiger partial charge in [-0.05, 0) is 12.1 Å². The topological polar surface area (TPSA) is 84.2 Å². The molecule has 1 amide bonds. The molecule has 0 spiro atoms. The van der Waals surface area contributed by atoms with Crippen molar-refractivity contribution >= 4 is 23.2 Å². The van der Waals surface area contributed by atoms with E-state index < -0.39 is 0 Å². The lowest BCUT2D eigenvalue weighted by molar-refractivity contribution is 0.0740. The fraction of sp³-hybridized carbons (Fsp3) is 0.211. The first-order valence-electron chi connectivity index (χ1n) is 8.78. The summed E-state index contributed by atoms with van der Waals surface area (Å²) in [5.74, 6) is -0.156. The molecule has 3 heterocycles. The number of halogens is 1. The Labute approximate surface area is 166 Å². The maximum absolute atomic E-state index is 12.7. The molecule has 0 unspecified atom stereocenters. The van der Waals surface area contributed by atoms with Gasteiger partial charge in [0.15, 0.2) is 0 Å². The summed E-state index contributed by atoms with van der Waals surface area (Å²) in [4.78, 5) is 36.8. The highest BCUT2D eigenvalue weighted by atomic mass is 35.5. The van der Waals surface area contributed by atoms with Crippen molar-refractivity contribution in [2.45, 2.75) is 0 Å². The third-order valence-electron chi connectivity index (χ3n) is 4.59. The molecular formula is C19H17ClN6O2. The summed E-state index contributed by atoms with van der Waals surface area (Å²) in [5, 5.41) is 4.38. The Hall–Kier alpha value is -3.26. The molecule has 1 saturated heterocycles. The van der Waals surface area contributed by atoms with Gasteiger partial charge in [0.05, 0.1) is 23.8 Å². The minimum Gasteiger partial charge on any atom is -0.365 e. The van der Waals surface area contributed by atoms with Gasteiger partial charge in [-0.3, -0.25) is 14.6 Å². The van der Waals surface area contributed by atoms with Gasteiger partial charge in [-0.25, -0.2) is 4.98 Å². The minimum absolute atomic E-state index is 0.118. The summed E-state index contributed by atoms with van der Waals surface area (Å²) in [6, 6.07) is 9.12. The standard InChI is InChI=1S/C19H17ClN6O2/c20-17-16(13-23-26(19(17)28)14-4-2-1-3-5-14)24-8-10-25(11-9-24)18(27)15-12-21-6-7-22-15/h1-7,12-13H,8-11H2. The molecule has 4 rings (SSSR count). The van der Waals surface area contributed by atoms with Crippen LogP contribution < -0.4 is 10.5 Å². The SMILES string of the molecule is O=C(c1cnccn1)N1CCN(c2cnn(-c3ccccc3)c(=O)c2Cl)CC1. The Morgan fingerprint density at radius 3 is 2.43 bits per heavy atom. The lowest BCUT2D eigenvalue weighted by Gasteiger charge is -2.36. The van der Waals surface area contributed by atoms with Gasteiger partial charge in [0.1, 0.15) is 10.7 Å². The number of carbonyl (C=O) groups excluding carboxylic acids is 1. The van der Waals surface area contributed by atoms with Crippen LogP contribution in [0.3, 0.4) is 0 Å². The molecule has 0 N–H and O–H groups in total. The number of rotatable bonds is 3. The van der Waals surface area contributed by atoms with Crippen molar-refractivity contribution in [3.8, 4) is 5.69 Å². The van der Waals surface area contributed by atoms with E-state index in [1.54, 1.807) is 23.2 Å². The number of carbonyl (C=O) groups is 1. The van der Waals surface area contributed by atoms with Crippen LogP contribution in [0.5, 0.6) is 0 Å². The Kier molecular flexibility index (Phi) is 5.03. The van der Waals surface area contributed by atoms with Crippen LogP contribution in [0.15, 0.2) is 59.9 Å². The van der Waals surface area contributed by atoms with E-state index >= 15 is 0 Å². The normalized spacial score (nSPS) is 14.2. The van der Waals surface area contributed by atoms with Gasteiger partial charge in [-0.15, -0.1) is 0 Å². The average Bonchev–Trinajstić information content (AvgIpc) is 2.76. The quantitative estimate of drug-likeness (QED) is 0.669. The number of hydrogen-bond donors (Lipinski definition) is 0. The summed E-state index contributed by atoms with van der Waals surface area (Å²) >= 11 is 6.36. The predicted molar refractivity (Wildman–Crippen MR) is 105 cm³/mol. The van der Waals surface area contributed by atoms with E-state index in [1.165, 1.54) is 23.3 Å². The van der Waals surface area contributed by atoms with Crippen LogP contribution in [0.4, 0.5) is 5.69 Å². The first-order valence-corrected chi connectivity index (χ1v) is 9.16. The predicted octanol–water partition coefficient (Wildman–Crippen LogP) is 1.64. The molecule has 1 fully saturated rings. The highest BCUT2D eigenvalue weighted by molar-refractivity contribution is 6.33. The van der Waals surface area contributed by atoms with Crippen LogP contribution in [0.1, 0.15) is 10.5 Å². The van der Waals surface area contributed by atoms with Crippen LogP contribution in [-0.2, 0) is 0 Å². The molecule has 0 atom stereocenters. The Morgan fingerprint density at radius 2 is 1.75 bits per heavy atom. The number of anilines is 1. The molecule has 1 aliphatic heterocycles. The first-order chi connectivity index (χ1) is 13.6. The van der Waals surface area contributed by atoms with Gasteiger partial charge in [-0.1, -0.05) is 29.8 Å². The lowest BCUT2D eigenvalue weighted by Crippen LogP contribution is -2.49. The van der Waals surface area contributed by atoms with E-state index in [-0.39, 0.29) is 16.5 Å². The van der Waals surface area contributed by atoms with Crippen molar-refractivity contribution < 1.29 is 4.79 Å². The van der Waals surface area contributed by atoms with Gasteiger partial charge < -0.3 is 9.80 Å². The fourth-order valence-corrected chi connectivity index (χ4v) is 3.37. The highest BCUT2D eigenvalue weighted by Gasteiger charge is 2.25. The number of hydrogen-bond acceptors (Lipinski definition) is 6. The third kappa shape index (κ3) is 3.46. The summed E-state index contributed by atoms with van der Waals surface area (Å²) < 4.78 is 1.28. The van der Waals surface area contributed by atoms with Crippen molar-refractivity contribution in [3.05, 3.63) is 76.2 Å². The monoisotopic (exact) mass is 396 g/mol. The van der Waals surface area contributed by atoms with E-state index in [2.05, 4.69) is 15.1 Å². The minimum atomic E-state index is -0.372. The van der Waals surface area contributed by atoms with E-state index in [0.29, 0.717) is 43.2 Å². The molecule has 28 heavy (non-hydrogen) atoms. The second-order valence-corrected chi connectivity index (χ2v) is 6.64. The molecule has 3 aromatic rings. The number of amides is 1. The average molecular weight is 397 g/mol. The molecular weight excluding hydrogens is 380 g/mol. The Bertz CT molecular complexity index is 1030. The van der Waals surface area contributed by atoms with E-state index in [9.17, 15) is 9.59 Å². The molecule has 2 aromatic heterocycles. The van der Waals surface area contributed by atoms with Crippen LogP contribution >= 0.6 is 11.6 Å². The highest BCUT2D eigenvalue weighted by Crippen LogP contribution is 2.23. The zero-order valence-electron chi connectivity index (χ0n) is 14.9. The second kappa shape index (κ2) is 7.77. The molecule has 142 valence electrons. The number of benzene rings is 1. The summed E-state index contributed by atoms with van der Waals surface area (Å²) in [7, 11) is 0. The Morgan fingerprint density at radius 1 is 1.00 bits per heavy atom. The zero-order chi connectivity index (χ0) is 19.5. The number of para-hydroxylation sites is 1. The number of nitrogens with zero attached hydrogens (tertiary/aromatic N) is 6. The van der Waals surface area contributed by atoms with E-state index in [1.807, 2.05) is 23.1 Å². The van der Waals surface area contributed by atoms with Crippen LogP contribution in [0, 0.1) is 0 Å².